The summed E-state index contributed by atoms with van der Waals surface area (Å²) in [4.78, 5) is 0. The normalized spacial score (nSPS) is 13.5. The van der Waals surface area contributed by atoms with E-state index in [2.05, 4.69) is 31.4 Å². The Hall–Kier alpha value is -0.990. The van der Waals surface area contributed by atoms with E-state index in [1.807, 2.05) is 6.92 Å². The lowest BCUT2D eigenvalue weighted by atomic mass is 10.1. The summed E-state index contributed by atoms with van der Waals surface area (Å²) in [5.41, 5.74) is -0.305. The van der Waals surface area contributed by atoms with Crippen LogP contribution in [0.1, 0.15) is 23.5 Å². The van der Waals surface area contributed by atoms with Crippen molar-refractivity contribution in [1.29, 1.82) is 0 Å². The van der Waals surface area contributed by atoms with Crippen molar-refractivity contribution in [3.8, 4) is 10.6 Å². The quantitative estimate of drug-likeness (QED) is 0.882. The number of nitrogens with zero attached hydrogens (tertiary/aromatic N) is 2. The van der Waals surface area contributed by atoms with Crippen LogP contribution in [0.25, 0.3) is 10.6 Å². The Morgan fingerprint density at radius 3 is 2.60 bits per heavy atom. The summed E-state index contributed by atoms with van der Waals surface area (Å²) in [5.74, 6) is 0. The SMILES string of the molecule is CNC(C)c1nnc(-c2cc(C(F)(F)F)ccc2Br)s1. The molecular formula is C12H11BrF3N3S. The smallest absolute Gasteiger partial charge is 0.311 e. The molecule has 2 aromatic rings. The molecule has 108 valence electrons. The summed E-state index contributed by atoms with van der Waals surface area (Å²) in [5, 5.41) is 12.2. The molecule has 8 heteroatoms. The lowest BCUT2D eigenvalue weighted by Crippen LogP contribution is -2.11. The lowest BCUT2D eigenvalue weighted by Gasteiger charge is -2.08. The number of aromatic nitrogens is 2. The minimum atomic E-state index is -4.37. The Balaban J connectivity index is 2.44. The molecule has 0 radical (unpaired) electrons. The van der Waals surface area contributed by atoms with Crippen molar-refractivity contribution in [3.05, 3.63) is 33.2 Å². The molecule has 1 atom stereocenters. The molecule has 0 aliphatic rings. The number of nitrogens with one attached hydrogen (secondary N) is 1. The first kappa shape index (κ1) is 15.4. The molecule has 1 heterocycles. The Morgan fingerprint density at radius 1 is 1.30 bits per heavy atom. The van der Waals surface area contributed by atoms with Gasteiger partial charge in [0.25, 0.3) is 0 Å². The van der Waals surface area contributed by atoms with Crippen molar-refractivity contribution in [2.24, 2.45) is 0 Å². The van der Waals surface area contributed by atoms with Crippen LogP contribution in [0.3, 0.4) is 0 Å². The second-order valence-electron chi connectivity index (χ2n) is 4.15. The van der Waals surface area contributed by atoms with Gasteiger partial charge in [0.1, 0.15) is 10.0 Å². The standard InChI is InChI=1S/C12H11BrF3N3S/c1-6(17-2)10-18-19-11(20-10)8-5-7(12(14,15)16)3-4-9(8)13/h3-6,17H,1-2H3. The van der Waals surface area contributed by atoms with Crippen molar-refractivity contribution < 1.29 is 13.2 Å². The maximum Gasteiger partial charge on any atom is 0.416 e. The van der Waals surface area contributed by atoms with Gasteiger partial charge in [0.05, 0.1) is 11.6 Å². The van der Waals surface area contributed by atoms with Crippen molar-refractivity contribution >= 4 is 27.3 Å². The predicted octanol–water partition coefficient (Wildman–Crippen LogP) is 4.27. The van der Waals surface area contributed by atoms with Crippen LogP contribution < -0.4 is 5.32 Å². The maximum atomic E-state index is 12.7. The molecule has 0 fully saturated rings. The van der Waals surface area contributed by atoms with Crippen LogP contribution in [0.2, 0.25) is 0 Å². The highest BCUT2D eigenvalue weighted by Gasteiger charge is 2.31. The van der Waals surface area contributed by atoms with Crippen LogP contribution in [0.4, 0.5) is 13.2 Å². The largest absolute Gasteiger partial charge is 0.416 e. The summed E-state index contributed by atoms with van der Waals surface area (Å²) in [6.07, 6.45) is -4.37. The highest BCUT2D eigenvalue weighted by atomic mass is 79.9. The van der Waals surface area contributed by atoms with Crippen LogP contribution in [0, 0.1) is 0 Å². The molecule has 0 bridgehead atoms. The van der Waals surface area contributed by atoms with Gasteiger partial charge >= 0.3 is 6.18 Å². The maximum absolute atomic E-state index is 12.7. The van der Waals surface area contributed by atoms with E-state index in [0.717, 1.165) is 17.1 Å². The molecule has 3 nitrogen and oxygen atoms in total. The van der Waals surface area contributed by atoms with Gasteiger partial charge in [-0.25, -0.2) is 0 Å². The van der Waals surface area contributed by atoms with Gasteiger partial charge in [-0.1, -0.05) is 27.3 Å². The first-order valence-corrected chi connectivity index (χ1v) is 7.31. The molecule has 0 aliphatic heterocycles. The van der Waals surface area contributed by atoms with Gasteiger partial charge in [-0.2, -0.15) is 13.2 Å². The number of benzene rings is 1. The van der Waals surface area contributed by atoms with Crippen molar-refractivity contribution in [3.63, 3.8) is 0 Å². The fraction of sp³-hybridized carbons (Fsp3) is 0.333. The van der Waals surface area contributed by atoms with Gasteiger partial charge in [-0.15, -0.1) is 10.2 Å². The molecule has 0 amide bonds. The second kappa shape index (κ2) is 5.79. The van der Waals surface area contributed by atoms with E-state index >= 15 is 0 Å². The fourth-order valence-corrected chi connectivity index (χ4v) is 3.01. The highest BCUT2D eigenvalue weighted by molar-refractivity contribution is 9.10. The first-order valence-electron chi connectivity index (χ1n) is 5.70. The van der Waals surface area contributed by atoms with Crippen molar-refractivity contribution in [2.75, 3.05) is 7.05 Å². The Labute approximate surface area is 126 Å². The summed E-state index contributed by atoms with van der Waals surface area (Å²) >= 11 is 4.52. The summed E-state index contributed by atoms with van der Waals surface area (Å²) in [6, 6.07) is 3.50. The van der Waals surface area contributed by atoms with Gasteiger partial charge in [0.15, 0.2) is 0 Å². The molecule has 1 aromatic carbocycles. The van der Waals surface area contributed by atoms with E-state index in [4.69, 9.17) is 0 Å². The van der Waals surface area contributed by atoms with E-state index in [9.17, 15) is 13.2 Å². The van der Waals surface area contributed by atoms with E-state index in [-0.39, 0.29) is 6.04 Å². The molecule has 0 saturated carbocycles. The zero-order valence-electron chi connectivity index (χ0n) is 10.6. The van der Waals surface area contributed by atoms with E-state index in [0.29, 0.717) is 15.0 Å². The Kier molecular flexibility index (Phi) is 4.46. The summed E-state index contributed by atoms with van der Waals surface area (Å²) in [7, 11) is 1.78. The molecule has 1 unspecified atom stereocenters. The third kappa shape index (κ3) is 3.18. The minimum absolute atomic E-state index is 0.00539. The number of hydrogen-bond acceptors (Lipinski definition) is 4. The van der Waals surface area contributed by atoms with Crippen LogP contribution in [-0.4, -0.2) is 17.2 Å². The number of rotatable bonds is 3. The van der Waals surface area contributed by atoms with E-state index in [1.54, 1.807) is 7.05 Å². The van der Waals surface area contributed by atoms with Crippen LogP contribution in [0.5, 0.6) is 0 Å². The molecule has 1 aromatic heterocycles. The second-order valence-corrected chi connectivity index (χ2v) is 6.01. The molecule has 0 spiro atoms. The van der Waals surface area contributed by atoms with Crippen LogP contribution >= 0.6 is 27.3 Å². The molecule has 0 aliphatic carbocycles. The van der Waals surface area contributed by atoms with Gasteiger partial charge in [-0.05, 0) is 32.2 Å². The minimum Gasteiger partial charge on any atom is -0.311 e. The van der Waals surface area contributed by atoms with Gasteiger partial charge < -0.3 is 5.32 Å². The van der Waals surface area contributed by atoms with Crippen LogP contribution in [0.15, 0.2) is 22.7 Å². The van der Waals surface area contributed by atoms with E-state index < -0.39 is 11.7 Å². The zero-order valence-corrected chi connectivity index (χ0v) is 13.0. The topological polar surface area (TPSA) is 37.8 Å². The molecule has 0 saturated heterocycles. The van der Waals surface area contributed by atoms with E-state index in [1.165, 1.54) is 17.4 Å². The van der Waals surface area contributed by atoms with Gasteiger partial charge in [0, 0.05) is 10.0 Å². The average Bonchev–Trinajstić information content (AvgIpc) is 2.86. The number of hydrogen-bond donors (Lipinski definition) is 1. The third-order valence-corrected chi connectivity index (χ3v) is 4.60. The monoisotopic (exact) mass is 365 g/mol. The molecule has 1 N–H and O–H groups in total. The first-order chi connectivity index (χ1) is 9.32. The Morgan fingerprint density at radius 2 is 2.00 bits per heavy atom. The molecule has 20 heavy (non-hydrogen) atoms. The van der Waals surface area contributed by atoms with Crippen molar-refractivity contribution in [1.82, 2.24) is 15.5 Å². The molecule has 2 rings (SSSR count). The summed E-state index contributed by atoms with van der Waals surface area (Å²) in [6.45, 7) is 1.91. The fourth-order valence-electron chi connectivity index (χ4n) is 1.51. The highest BCUT2D eigenvalue weighted by Crippen LogP contribution is 2.37. The predicted molar refractivity (Wildman–Crippen MR) is 75.5 cm³/mol. The number of alkyl halides is 3. The molecular weight excluding hydrogens is 355 g/mol. The van der Waals surface area contributed by atoms with Crippen molar-refractivity contribution in [2.45, 2.75) is 19.1 Å². The number of halogens is 4. The third-order valence-electron chi connectivity index (χ3n) is 2.77. The van der Waals surface area contributed by atoms with Crippen LogP contribution in [-0.2, 0) is 6.18 Å². The zero-order chi connectivity index (χ0) is 14.9. The average molecular weight is 366 g/mol. The van der Waals surface area contributed by atoms with Gasteiger partial charge in [0.2, 0.25) is 0 Å². The summed E-state index contributed by atoms with van der Waals surface area (Å²) < 4.78 is 38.8. The lowest BCUT2D eigenvalue weighted by molar-refractivity contribution is -0.137. The van der Waals surface area contributed by atoms with Gasteiger partial charge in [-0.3, -0.25) is 0 Å². The Bertz CT molecular complexity index is 612.